The van der Waals surface area contributed by atoms with Crippen LogP contribution in [-0.2, 0) is 11.2 Å². The minimum Gasteiger partial charge on any atom is -0.464 e. The van der Waals surface area contributed by atoms with Crippen LogP contribution in [-0.4, -0.2) is 18.9 Å². The summed E-state index contributed by atoms with van der Waals surface area (Å²) in [5.41, 5.74) is 4.70. The Labute approximate surface area is 156 Å². The second-order valence-corrected chi connectivity index (χ2v) is 6.60. The summed E-state index contributed by atoms with van der Waals surface area (Å²) >= 11 is 6.03. The van der Waals surface area contributed by atoms with Crippen molar-refractivity contribution in [1.29, 1.82) is 0 Å². The second-order valence-electron chi connectivity index (χ2n) is 6.19. The van der Waals surface area contributed by atoms with Gasteiger partial charge in [0.05, 0.1) is 23.3 Å². The highest BCUT2D eigenvalue weighted by atomic mass is 35.5. The first-order valence-electron chi connectivity index (χ1n) is 8.18. The average molecular weight is 371 g/mol. The number of nitrogens with one attached hydrogen (secondary N) is 2. The number of rotatable bonds is 4. The van der Waals surface area contributed by atoms with Gasteiger partial charge in [0.15, 0.2) is 0 Å². The van der Waals surface area contributed by atoms with Gasteiger partial charge in [-0.25, -0.2) is 0 Å². The summed E-state index contributed by atoms with van der Waals surface area (Å²) in [4.78, 5) is 24.2. The molecule has 6 heteroatoms. The summed E-state index contributed by atoms with van der Waals surface area (Å²) in [5, 5.41) is 6.58. The highest BCUT2D eigenvalue weighted by Crippen LogP contribution is 2.26. The normalized spacial score (nSPS) is 10.8. The molecular formula is C20H19ClN2O3. The smallest absolute Gasteiger partial charge is 0.252 e. The van der Waals surface area contributed by atoms with Crippen molar-refractivity contribution < 1.29 is 14.0 Å². The summed E-state index contributed by atoms with van der Waals surface area (Å²) in [5.74, 6) is -0.506. The molecule has 0 radical (unpaired) electrons. The van der Waals surface area contributed by atoms with Gasteiger partial charge in [-0.2, -0.15) is 0 Å². The largest absolute Gasteiger partial charge is 0.464 e. The predicted octanol–water partition coefficient (Wildman–Crippen LogP) is 4.24. The van der Waals surface area contributed by atoms with E-state index in [2.05, 4.69) is 10.6 Å². The summed E-state index contributed by atoms with van der Waals surface area (Å²) < 4.78 is 5.57. The fraction of sp³-hybridized carbons (Fsp3) is 0.200. The fourth-order valence-electron chi connectivity index (χ4n) is 2.76. The molecule has 2 aromatic carbocycles. The van der Waals surface area contributed by atoms with Gasteiger partial charge in [0.2, 0.25) is 5.91 Å². The number of anilines is 1. The van der Waals surface area contributed by atoms with Crippen molar-refractivity contribution in [3.63, 3.8) is 0 Å². The van der Waals surface area contributed by atoms with Gasteiger partial charge in [0.25, 0.3) is 5.91 Å². The second kappa shape index (κ2) is 7.22. The molecule has 0 saturated heterocycles. The average Bonchev–Trinajstić information content (AvgIpc) is 2.98. The molecule has 3 rings (SSSR count). The Hall–Kier alpha value is -2.79. The van der Waals surface area contributed by atoms with E-state index in [9.17, 15) is 9.59 Å². The van der Waals surface area contributed by atoms with Gasteiger partial charge in [0, 0.05) is 23.7 Å². The van der Waals surface area contributed by atoms with Gasteiger partial charge in [-0.15, -0.1) is 0 Å². The van der Waals surface area contributed by atoms with E-state index in [0.29, 0.717) is 16.3 Å². The van der Waals surface area contributed by atoms with Gasteiger partial charge in [-0.05, 0) is 55.3 Å². The van der Waals surface area contributed by atoms with Crippen LogP contribution in [0.4, 0.5) is 5.69 Å². The van der Waals surface area contributed by atoms with E-state index in [1.54, 1.807) is 24.5 Å². The Balaban J connectivity index is 1.80. The highest BCUT2D eigenvalue weighted by molar-refractivity contribution is 6.34. The Morgan fingerprint density at radius 3 is 2.58 bits per heavy atom. The number of fused-ring (bicyclic) bond motifs is 1. The first-order chi connectivity index (χ1) is 12.4. The molecule has 0 fully saturated rings. The van der Waals surface area contributed by atoms with Crippen LogP contribution in [0.2, 0.25) is 5.02 Å². The van der Waals surface area contributed by atoms with E-state index in [0.717, 1.165) is 27.7 Å². The maximum absolute atomic E-state index is 12.4. The van der Waals surface area contributed by atoms with Crippen LogP contribution in [0, 0.1) is 13.8 Å². The molecule has 0 saturated carbocycles. The van der Waals surface area contributed by atoms with Crippen molar-refractivity contribution in [2.75, 3.05) is 12.4 Å². The van der Waals surface area contributed by atoms with Crippen LogP contribution in [0.25, 0.3) is 11.0 Å². The maximum Gasteiger partial charge on any atom is 0.252 e. The topological polar surface area (TPSA) is 71.3 Å². The van der Waals surface area contributed by atoms with E-state index < -0.39 is 0 Å². The van der Waals surface area contributed by atoms with E-state index in [4.69, 9.17) is 16.0 Å². The lowest BCUT2D eigenvalue weighted by Gasteiger charge is -2.08. The molecule has 0 aliphatic carbocycles. The molecule has 1 heterocycles. The SMILES string of the molecule is CNC(=O)c1cc(NC(=O)Cc2coc3cc(C)c(C)cc23)ccc1Cl. The van der Waals surface area contributed by atoms with Crippen molar-refractivity contribution in [3.8, 4) is 0 Å². The fourth-order valence-corrected chi connectivity index (χ4v) is 2.97. The Morgan fingerprint density at radius 1 is 1.12 bits per heavy atom. The third-order valence-electron chi connectivity index (χ3n) is 4.34. The van der Waals surface area contributed by atoms with Crippen LogP contribution in [0.5, 0.6) is 0 Å². The summed E-state index contributed by atoms with van der Waals surface area (Å²) in [6.45, 7) is 4.05. The molecule has 0 bridgehead atoms. The number of benzene rings is 2. The quantitative estimate of drug-likeness (QED) is 0.721. The van der Waals surface area contributed by atoms with Crippen molar-refractivity contribution in [1.82, 2.24) is 5.32 Å². The van der Waals surface area contributed by atoms with E-state index in [1.807, 2.05) is 26.0 Å². The van der Waals surface area contributed by atoms with Crippen LogP contribution >= 0.6 is 11.6 Å². The number of aryl methyl sites for hydroxylation is 2. The van der Waals surface area contributed by atoms with E-state index >= 15 is 0 Å². The van der Waals surface area contributed by atoms with Crippen LogP contribution in [0.15, 0.2) is 41.0 Å². The molecule has 0 unspecified atom stereocenters. The van der Waals surface area contributed by atoms with Gasteiger partial charge in [0.1, 0.15) is 5.58 Å². The standard InChI is InChI=1S/C20H19ClN2O3/c1-11-6-15-13(10-26-18(15)7-12(11)2)8-19(24)23-14-4-5-17(21)16(9-14)20(25)22-3/h4-7,9-10H,8H2,1-3H3,(H,22,25)(H,23,24). The molecular weight excluding hydrogens is 352 g/mol. The molecule has 0 spiro atoms. The van der Waals surface area contributed by atoms with Crippen LogP contribution in [0.3, 0.4) is 0 Å². The molecule has 1 aromatic heterocycles. The zero-order valence-corrected chi connectivity index (χ0v) is 15.5. The Kier molecular flexibility index (Phi) is 5.00. The third kappa shape index (κ3) is 3.58. The molecule has 3 aromatic rings. The van der Waals surface area contributed by atoms with Gasteiger partial charge >= 0.3 is 0 Å². The highest BCUT2D eigenvalue weighted by Gasteiger charge is 2.14. The summed E-state index contributed by atoms with van der Waals surface area (Å²) in [7, 11) is 1.53. The summed E-state index contributed by atoms with van der Waals surface area (Å²) in [6.07, 6.45) is 1.79. The lowest BCUT2D eigenvalue weighted by molar-refractivity contribution is -0.115. The number of amides is 2. The zero-order valence-electron chi connectivity index (χ0n) is 14.8. The Morgan fingerprint density at radius 2 is 1.85 bits per heavy atom. The number of halogens is 1. The molecule has 0 aliphatic rings. The minimum atomic E-state index is -0.308. The Bertz CT molecular complexity index is 1010. The molecule has 2 N–H and O–H groups in total. The molecule has 5 nitrogen and oxygen atoms in total. The van der Waals surface area contributed by atoms with Crippen molar-refractivity contribution in [2.45, 2.75) is 20.3 Å². The number of hydrogen-bond donors (Lipinski definition) is 2. The van der Waals surface area contributed by atoms with Gasteiger partial charge < -0.3 is 15.1 Å². The maximum atomic E-state index is 12.4. The lowest BCUT2D eigenvalue weighted by Crippen LogP contribution is -2.19. The van der Waals surface area contributed by atoms with E-state index in [-0.39, 0.29) is 18.2 Å². The van der Waals surface area contributed by atoms with Crippen molar-refractivity contribution in [3.05, 3.63) is 63.9 Å². The third-order valence-corrected chi connectivity index (χ3v) is 4.67. The van der Waals surface area contributed by atoms with Crippen LogP contribution in [0.1, 0.15) is 27.0 Å². The van der Waals surface area contributed by atoms with Gasteiger partial charge in [-0.1, -0.05) is 11.6 Å². The lowest BCUT2D eigenvalue weighted by atomic mass is 10.0. The van der Waals surface area contributed by atoms with Crippen LogP contribution < -0.4 is 10.6 Å². The molecule has 0 atom stereocenters. The number of hydrogen-bond acceptors (Lipinski definition) is 3. The number of furan rings is 1. The first kappa shape index (κ1) is 18.0. The number of carbonyl (C=O) groups excluding carboxylic acids is 2. The first-order valence-corrected chi connectivity index (χ1v) is 8.55. The molecule has 0 aliphatic heterocycles. The van der Waals surface area contributed by atoms with Crippen molar-refractivity contribution >= 4 is 40.1 Å². The van der Waals surface area contributed by atoms with Crippen molar-refractivity contribution in [2.24, 2.45) is 0 Å². The summed E-state index contributed by atoms with van der Waals surface area (Å²) in [6, 6.07) is 8.80. The van der Waals surface area contributed by atoms with Gasteiger partial charge in [-0.3, -0.25) is 9.59 Å². The molecule has 2 amide bonds. The predicted molar refractivity (Wildman–Crippen MR) is 103 cm³/mol. The number of carbonyl (C=O) groups is 2. The monoisotopic (exact) mass is 370 g/mol. The zero-order chi connectivity index (χ0) is 18.8. The van der Waals surface area contributed by atoms with E-state index in [1.165, 1.54) is 7.05 Å². The minimum absolute atomic E-state index is 0.174. The molecule has 26 heavy (non-hydrogen) atoms. The molecule has 134 valence electrons.